The van der Waals surface area contributed by atoms with Crippen LogP contribution in [0.3, 0.4) is 0 Å². The Labute approximate surface area is 203 Å². The second-order valence-electron chi connectivity index (χ2n) is 9.44. The van der Waals surface area contributed by atoms with Gasteiger partial charge in [0.25, 0.3) is 0 Å². The van der Waals surface area contributed by atoms with Crippen LogP contribution in [0.25, 0.3) is 0 Å². The maximum absolute atomic E-state index is 12.9. The van der Waals surface area contributed by atoms with Crippen LogP contribution in [0.15, 0.2) is 36.4 Å². The molecule has 7 nitrogen and oxygen atoms in total. The molecule has 0 unspecified atom stereocenters. The average Bonchev–Trinajstić information content (AvgIpc) is 2.85. The second kappa shape index (κ2) is 11.1. The van der Waals surface area contributed by atoms with Gasteiger partial charge < -0.3 is 24.6 Å². The van der Waals surface area contributed by atoms with E-state index in [4.69, 9.17) is 9.47 Å². The molecule has 184 valence electrons. The van der Waals surface area contributed by atoms with Crippen LogP contribution in [0.4, 0.5) is 5.69 Å². The Hall–Kier alpha value is -2.77. The van der Waals surface area contributed by atoms with Crippen LogP contribution in [-0.2, 0) is 17.6 Å². The molecular weight excluding hydrogens is 428 g/mol. The normalized spacial score (nSPS) is 17.7. The van der Waals surface area contributed by atoms with Crippen molar-refractivity contribution in [2.45, 2.75) is 25.3 Å². The fraction of sp³-hybridized carbons (Fsp3) is 0.519. The number of hydrogen-bond donors (Lipinski definition) is 1. The van der Waals surface area contributed by atoms with E-state index in [9.17, 15) is 4.79 Å². The first-order valence-electron chi connectivity index (χ1n) is 12.2. The quantitative estimate of drug-likeness (QED) is 0.646. The van der Waals surface area contributed by atoms with Gasteiger partial charge in [-0.25, -0.2) is 0 Å². The van der Waals surface area contributed by atoms with Gasteiger partial charge in [0, 0.05) is 52.0 Å². The number of anilines is 1. The number of fused-ring (bicyclic) bond motifs is 1. The molecule has 1 amide bonds. The third kappa shape index (κ3) is 5.65. The number of benzene rings is 2. The molecule has 1 saturated heterocycles. The third-order valence-electron chi connectivity index (χ3n) is 7.12. The summed E-state index contributed by atoms with van der Waals surface area (Å²) in [5, 5.41) is 3.22. The van der Waals surface area contributed by atoms with E-state index in [1.807, 2.05) is 18.2 Å². The van der Waals surface area contributed by atoms with Gasteiger partial charge in [-0.05, 0) is 54.8 Å². The molecule has 7 heteroatoms. The lowest BCUT2D eigenvalue weighted by Gasteiger charge is -2.39. The second-order valence-corrected chi connectivity index (χ2v) is 9.44. The van der Waals surface area contributed by atoms with E-state index in [-0.39, 0.29) is 11.9 Å². The number of carbonyl (C=O) groups excluding carboxylic acids is 1. The SMILES string of the molecule is COc1ccc(CC(=O)NC[C@@H](c2ccc3c(c2)CCCN3C)N2CCN(C)CC2)cc1OC. The summed E-state index contributed by atoms with van der Waals surface area (Å²) in [4.78, 5) is 20.1. The number of likely N-dealkylation sites (N-methyl/N-ethyl adjacent to an activating group) is 1. The van der Waals surface area contributed by atoms with Crippen molar-refractivity contribution >= 4 is 11.6 Å². The Morgan fingerprint density at radius 3 is 2.47 bits per heavy atom. The minimum Gasteiger partial charge on any atom is -0.493 e. The van der Waals surface area contributed by atoms with Gasteiger partial charge in [0.05, 0.1) is 26.7 Å². The molecule has 0 spiro atoms. The van der Waals surface area contributed by atoms with E-state index in [0.717, 1.165) is 44.7 Å². The number of ether oxygens (including phenoxy) is 2. The lowest BCUT2D eigenvalue weighted by Crippen LogP contribution is -2.48. The molecule has 0 bridgehead atoms. The van der Waals surface area contributed by atoms with E-state index in [1.54, 1.807) is 14.2 Å². The first-order chi connectivity index (χ1) is 16.5. The van der Waals surface area contributed by atoms with Crippen LogP contribution in [0.5, 0.6) is 11.5 Å². The predicted molar refractivity (Wildman–Crippen MR) is 136 cm³/mol. The van der Waals surface area contributed by atoms with E-state index in [0.29, 0.717) is 24.5 Å². The standard InChI is InChI=1S/C27H38N4O3/c1-29-12-14-31(15-13-29)24(22-8-9-23-21(18-22)6-5-11-30(23)2)19-28-27(32)17-20-7-10-25(33-3)26(16-20)34-4/h7-10,16,18,24H,5-6,11-15,17,19H2,1-4H3,(H,28,32)/t24-/m0/s1. The summed E-state index contributed by atoms with van der Waals surface area (Å²) in [5.41, 5.74) is 4.96. The highest BCUT2D eigenvalue weighted by Gasteiger charge is 2.26. The van der Waals surface area contributed by atoms with Crippen LogP contribution in [0.1, 0.15) is 29.2 Å². The molecule has 1 fully saturated rings. The molecule has 2 aliphatic rings. The maximum atomic E-state index is 12.9. The van der Waals surface area contributed by atoms with Crippen LogP contribution >= 0.6 is 0 Å². The number of carbonyl (C=O) groups is 1. The van der Waals surface area contributed by atoms with Crippen molar-refractivity contribution < 1.29 is 14.3 Å². The number of nitrogens with zero attached hydrogens (tertiary/aromatic N) is 3. The van der Waals surface area contributed by atoms with E-state index < -0.39 is 0 Å². The summed E-state index contributed by atoms with van der Waals surface area (Å²) >= 11 is 0. The zero-order valence-electron chi connectivity index (χ0n) is 21.0. The van der Waals surface area contributed by atoms with Gasteiger partial charge in [-0.3, -0.25) is 9.69 Å². The predicted octanol–water partition coefficient (Wildman–Crippen LogP) is 2.73. The molecule has 2 aromatic carbocycles. The summed E-state index contributed by atoms with van der Waals surface area (Å²) in [6.07, 6.45) is 2.62. The third-order valence-corrected chi connectivity index (χ3v) is 7.12. The number of aryl methyl sites for hydroxylation is 1. The van der Waals surface area contributed by atoms with Crippen molar-refractivity contribution in [2.75, 3.05) is 72.5 Å². The summed E-state index contributed by atoms with van der Waals surface area (Å²) < 4.78 is 10.7. The topological polar surface area (TPSA) is 57.3 Å². The van der Waals surface area contributed by atoms with Crippen LogP contribution in [-0.4, -0.2) is 83.3 Å². The molecule has 4 rings (SSSR count). The largest absolute Gasteiger partial charge is 0.493 e. The van der Waals surface area contributed by atoms with Gasteiger partial charge in [-0.2, -0.15) is 0 Å². The molecular formula is C27H38N4O3. The Kier molecular flexibility index (Phi) is 7.95. The minimum atomic E-state index is 0.0176. The van der Waals surface area contributed by atoms with Gasteiger partial charge in [0.2, 0.25) is 5.91 Å². The Morgan fingerprint density at radius 2 is 1.74 bits per heavy atom. The lowest BCUT2D eigenvalue weighted by molar-refractivity contribution is -0.120. The van der Waals surface area contributed by atoms with E-state index >= 15 is 0 Å². The molecule has 0 aromatic heterocycles. The summed E-state index contributed by atoms with van der Waals surface area (Å²) in [5.74, 6) is 1.33. The molecule has 2 heterocycles. The van der Waals surface area contributed by atoms with Crippen LogP contribution in [0.2, 0.25) is 0 Å². The van der Waals surface area contributed by atoms with Gasteiger partial charge >= 0.3 is 0 Å². The van der Waals surface area contributed by atoms with Gasteiger partial charge in [-0.1, -0.05) is 18.2 Å². The highest BCUT2D eigenvalue weighted by molar-refractivity contribution is 5.78. The fourth-order valence-corrected chi connectivity index (χ4v) is 5.05. The highest BCUT2D eigenvalue weighted by Crippen LogP contribution is 2.31. The number of hydrogen-bond acceptors (Lipinski definition) is 6. The number of amides is 1. The van der Waals surface area contributed by atoms with Gasteiger partial charge in [0.1, 0.15) is 0 Å². The molecule has 1 atom stereocenters. The molecule has 2 aliphatic heterocycles. The molecule has 2 aromatic rings. The zero-order chi connectivity index (χ0) is 24.1. The summed E-state index contributed by atoms with van der Waals surface area (Å²) in [6.45, 7) is 5.81. The minimum absolute atomic E-state index is 0.0176. The average molecular weight is 467 g/mol. The zero-order valence-corrected chi connectivity index (χ0v) is 21.0. The number of nitrogens with one attached hydrogen (secondary N) is 1. The number of piperazine rings is 1. The highest BCUT2D eigenvalue weighted by atomic mass is 16.5. The van der Waals surface area contributed by atoms with Crippen molar-refractivity contribution in [3.63, 3.8) is 0 Å². The maximum Gasteiger partial charge on any atom is 0.224 e. The monoisotopic (exact) mass is 466 g/mol. The molecule has 0 aliphatic carbocycles. The van der Waals surface area contributed by atoms with Crippen molar-refractivity contribution in [1.29, 1.82) is 0 Å². The molecule has 1 N–H and O–H groups in total. The fourth-order valence-electron chi connectivity index (χ4n) is 5.05. The van der Waals surface area contributed by atoms with E-state index in [2.05, 4.69) is 52.3 Å². The van der Waals surface area contributed by atoms with Gasteiger partial charge in [-0.15, -0.1) is 0 Å². The van der Waals surface area contributed by atoms with Crippen LogP contribution in [0, 0.1) is 0 Å². The summed E-state index contributed by atoms with van der Waals surface area (Å²) in [6, 6.07) is 12.7. The Balaban J connectivity index is 1.47. The summed E-state index contributed by atoms with van der Waals surface area (Å²) in [7, 11) is 7.57. The Morgan fingerprint density at radius 1 is 0.971 bits per heavy atom. The first-order valence-corrected chi connectivity index (χ1v) is 12.2. The lowest BCUT2D eigenvalue weighted by atomic mass is 9.95. The number of rotatable bonds is 8. The molecule has 0 saturated carbocycles. The smallest absolute Gasteiger partial charge is 0.224 e. The van der Waals surface area contributed by atoms with Crippen molar-refractivity contribution in [3.8, 4) is 11.5 Å². The first kappa shape index (κ1) is 24.4. The van der Waals surface area contributed by atoms with Crippen molar-refractivity contribution in [1.82, 2.24) is 15.1 Å². The van der Waals surface area contributed by atoms with E-state index in [1.165, 1.54) is 23.2 Å². The van der Waals surface area contributed by atoms with Crippen molar-refractivity contribution in [2.24, 2.45) is 0 Å². The molecule has 34 heavy (non-hydrogen) atoms. The van der Waals surface area contributed by atoms with Gasteiger partial charge in [0.15, 0.2) is 11.5 Å². The van der Waals surface area contributed by atoms with Crippen molar-refractivity contribution in [3.05, 3.63) is 53.1 Å². The van der Waals surface area contributed by atoms with Crippen LogP contribution < -0.4 is 19.7 Å². The molecule has 0 radical (unpaired) electrons. The Bertz CT molecular complexity index is 988. The number of methoxy groups -OCH3 is 2.